The van der Waals surface area contributed by atoms with Crippen LogP contribution in [0.5, 0.6) is 0 Å². The molecule has 1 aromatic heterocycles. The summed E-state index contributed by atoms with van der Waals surface area (Å²) in [4.78, 5) is 12.1. The van der Waals surface area contributed by atoms with Crippen LogP contribution >= 0.6 is 0 Å². The fourth-order valence-electron chi connectivity index (χ4n) is 2.09. The lowest BCUT2D eigenvalue weighted by molar-refractivity contribution is -0.122. The average molecular weight is 300 g/mol. The van der Waals surface area contributed by atoms with Crippen LogP contribution in [0.25, 0.3) is 0 Å². The number of anilines is 1. The van der Waals surface area contributed by atoms with E-state index in [9.17, 15) is 4.79 Å². The first-order chi connectivity index (χ1) is 10.3. The third-order valence-corrected chi connectivity index (χ3v) is 3.10. The van der Waals surface area contributed by atoms with Crippen molar-refractivity contribution < 1.29 is 4.79 Å². The van der Waals surface area contributed by atoms with Crippen LogP contribution < -0.4 is 10.6 Å². The fraction of sp³-hybridized carbons (Fsp3) is 0.412. The number of amides is 1. The van der Waals surface area contributed by atoms with E-state index >= 15 is 0 Å². The smallest absolute Gasteiger partial charge is 0.242 e. The topological polar surface area (TPSA) is 59.0 Å². The van der Waals surface area contributed by atoms with Gasteiger partial charge < -0.3 is 10.6 Å². The monoisotopic (exact) mass is 300 g/mol. The molecule has 2 N–H and O–H groups in total. The van der Waals surface area contributed by atoms with Crippen LogP contribution in [0.4, 0.5) is 5.69 Å². The summed E-state index contributed by atoms with van der Waals surface area (Å²) in [6.07, 6.45) is 3.65. The first kappa shape index (κ1) is 16.1. The maximum absolute atomic E-state index is 12.1. The summed E-state index contributed by atoms with van der Waals surface area (Å²) in [7, 11) is 0. The molecule has 1 atom stereocenters. The number of nitrogens with zero attached hydrogens (tertiary/aromatic N) is 2. The largest absolute Gasteiger partial charge is 0.371 e. The maximum atomic E-state index is 12.1. The highest BCUT2D eigenvalue weighted by molar-refractivity contribution is 5.84. The van der Waals surface area contributed by atoms with Gasteiger partial charge in [0.05, 0.1) is 18.4 Å². The molecule has 22 heavy (non-hydrogen) atoms. The first-order valence-electron chi connectivity index (χ1n) is 7.48. The predicted octanol–water partition coefficient (Wildman–Crippen LogP) is 2.65. The summed E-state index contributed by atoms with van der Waals surface area (Å²) < 4.78 is 1.85. The maximum Gasteiger partial charge on any atom is 0.242 e. The van der Waals surface area contributed by atoms with Crippen molar-refractivity contribution in [2.24, 2.45) is 0 Å². The van der Waals surface area contributed by atoms with Gasteiger partial charge in [0.1, 0.15) is 6.04 Å². The minimum Gasteiger partial charge on any atom is -0.371 e. The van der Waals surface area contributed by atoms with Crippen LogP contribution in [0.15, 0.2) is 42.7 Å². The van der Waals surface area contributed by atoms with E-state index in [-0.39, 0.29) is 17.5 Å². The number of hydrogen-bond donors (Lipinski definition) is 2. The number of benzene rings is 1. The number of rotatable bonds is 5. The summed E-state index contributed by atoms with van der Waals surface area (Å²) in [5.41, 5.74) is 1.80. The van der Waals surface area contributed by atoms with E-state index in [2.05, 4.69) is 27.9 Å². The van der Waals surface area contributed by atoms with Crippen LogP contribution in [0, 0.1) is 0 Å². The second-order valence-electron chi connectivity index (χ2n) is 6.52. The van der Waals surface area contributed by atoms with Gasteiger partial charge >= 0.3 is 0 Å². The van der Waals surface area contributed by atoms with Gasteiger partial charge in [-0.1, -0.05) is 30.3 Å². The Kier molecular flexibility index (Phi) is 4.85. The molecule has 5 heteroatoms. The summed E-state index contributed by atoms with van der Waals surface area (Å²) >= 11 is 0. The van der Waals surface area contributed by atoms with E-state index in [1.807, 2.05) is 56.8 Å². The molecule has 2 aromatic rings. The van der Waals surface area contributed by atoms with Crippen LogP contribution in [0.3, 0.4) is 0 Å². The van der Waals surface area contributed by atoms with Gasteiger partial charge in [-0.3, -0.25) is 9.48 Å². The molecule has 0 spiro atoms. The fourth-order valence-corrected chi connectivity index (χ4v) is 2.09. The van der Waals surface area contributed by atoms with Gasteiger partial charge in [-0.15, -0.1) is 0 Å². The zero-order valence-corrected chi connectivity index (χ0v) is 13.6. The highest BCUT2D eigenvalue weighted by Crippen LogP contribution is 2.10. The van der Waals surface area contributed by atoms with E-state index in [0.717, 1.165) is 5.69 Å². The third-order valence-electron chi connectivity index (χ3n) is 3.10. The Morgan fingerprint density at radius 1 is 1.27 bits per heavy atom. The minimum absolute atomic E-state index is 0.0247. The van der Waals surface area contributed by atoms with Crippen molar-refractivity contribution >= 4 is 11.6 Å². The molecular formula is C17H24N4O. The second-order valence-corrected chi connectivity index (χ2v) is 6.52. The normalized spacial score (nSPS) is 12.7. The van der Waals surface area contributed by atoms with Crippen molar-refractivity contribution in [2.75, 3.05) is 5.32 Å². The Hall–Kier alpha value is -2.30. The molecule has 0 aliphatic carbocycles. The molecule has 0 aliphatic heterocycles. The zero-order valence-electron chi connectivity index (χ0n) is 13.6. The lowest BCUT2D eigenvalue weighted by Gasteiger charge is -2.23. The number of aromatic nitrogens is 2. The Bertz CT molecular complexity index is 613. The van der Waals surface area contributed by atoms with Crippen molar-refractivity contribution in [3.8, 4) is 0 Å². The molecule has 2 rings (SSSR count). The molecule has 0 aliphatic rings. The molecule has 1 aromatic carbocycles. The van der Waals surface area contributed by atoms with Gasteiger partial charge in [-0.05, 0) is 33.3 Å². The Labute approximate surface area is 131 Å². The average Bonchev–Trinajstić information content (AvgIpc) is 2.85. The van der Waals surface area contributed by atoms with E-state index in [1.165, 1.54) is 5.56 Å². The van der Waals surface area contributed by atoms with Gasteiger partial charge in [0, 0.05) is 11.7 Å². The van der Waals surface area contributed by atoms with Crippen molar-refractivity contribution in [1.29, 1.82) is 0 Å². The molecule has 1 heterocycles. The van der Waals surface area contributed by atoms with Gasteiger partial charge in [0.15, 0.2) is 0 Å². The molecule has 0 fully saturated rings. The molecule has 1 amide bonds. The van der Waals surface area contributed by atoms with E-state index in [4.69, 9.17) is 0 Å². The first-order valence-corrected chi connectivity index (χ1v) is 7.48. The van der Waals surface area contributed by atoms with Crippen molar-refractivity contribution in [2.45, 2.75) is 45.8 Å². The van der Waals surface area contributed by atoms with Gasteiger partial charge in [0.2, 0.25) is 5.91 Å². The van der Waals surface area contributed by atoms with Gasteiger partial charge in [-0.2, -0.15) is 5.10 Å². The van der Waals surface area contributed by atoms with Crippen LogP contribution in [-0.2, 0) is 11.3 Å². The number of hydrogen-bond acceptors (Lipinski definition) is 3. The van der Waals surface area contributed by atoms with Crippen molar-refractivity contribution in [3.05, 3.63) is 48.3 Å². The highest BCUT2D eigenvalue weighted by Gasteiger charge is 2.19. The van der Waals surface area contributed by atoms with Crippen LogP contribution in [0.1, 0.15) is 33.3 Å². The SMILES string of the molecule is C[C@H](Nc1cnn(Cc2ccccc2)c1)C(=O)NC(C)(C)C. The molecule has 5 nitrogen and oxygen atoms in total. The summed E-state index contributed by atoms with van der Waals surface area (Å²) in [6, 6.07) is 9.83. The number of carbonyl (C=O) groups excluding carboxylic acids is 1. The quantitative estimate of drug-likeness (QED) is 0.892. The highest BCUT2D eigenvalue weighted by atomic mass is 16.2. The Balaban J connectivity index is 1.93. The minimum atomic E-state index is -0.311. The molecule has 0 radical (unpaired) electrons. The molecule has 0 unspecified atom stereocenters. The molecule has 0 saturated heterocycles. The summed E-state index contributed by atoms with van der Waals surface area (Å²) in [5.74, 6) is -0.0247. The summed E-state index contributed by atoms with van der Waals surface area (Å²) in [5, 5.41) is 10.5. The number of nitrogens with one attached hydrogen (secondary N) is 2. The molecule has 0 bridgehead atoms. The number of carbonyl (C=O) groups is 1. The van der Waals surface area contributed by atoms with E-state index < -0.39 is 0 Å². The third kappa shape index (κ3) is 4.91. The van der Waals surface area contributed by atoms with Crippen molar-refractivity contribution in [1.82, 2.24) is 15.1 Å². The van der Waals surface area contributed by atoms with Crippen LogP contribution in [0.2, 0.25) is 0 Å². The lowest BCUT2D eigenvalue weighted by atomic mass is 10.1. The van der Waals surface area contributed by atoms with E-state index in [1.54, 1.807) is 6.20 Å². The Morgan fingerprint density at radius 2 is 1.95 bits per heavy atom. The molecule has 0 saturated carbocycles. The van der Waals surface area contributed by atoms with Gasteiger partial charge in [-0.25, -0.2) is 0 Å². The second kappa shape index (κ2) is 6.64. The lowest BCUT2D eigenvalue weighted by Crippen LogP contribution is -2.47. The summed E-state index contributed by atoms with van der Waals surface area (Å²) in [6.45, 7) is 8.46. The van der Waals surface area contributed by atoms with Crippen LogP contribution in [-0.4, -0.2) is 27.3 Å². The predicted molar refractivity (Wildman–Crippen MR) is 88.8 cm³/mol. The Morgan fingerprint density at radius 3 is 2.59 bits per heavy atom. The zero-order chi connectivity index (χ0) is 16.2. The van der Waals surface area contributed by atoms with E-state index in [0.29, 0.717) is 6.54 Å². The molecule has 118 valence electrons. The van der Waals surface area contributed by atoms with Crippen molar-refractivity contribution in [3.63, 3.8) is 0 Å². The standard InChI is InChI=1S/C17H24N4O/c1-13(16(22)20-17(2,3)4)19-15-10-18-21(12-15)11-14-8-6-5-7-9-14/h5-10,12-13,19H,11H2,1-4H3,(H,20,22)/t13-/m0/s1. The molecular weight excluding hydrogens is 276 g/mol. The van der Waals surface area contributed by atoms with Gasteiger partial charge in [0.25, 0.3) is 0 Å².